The predicted molar refractivity (Wildman–Crippen MR) is 80.2 cm³/mol. The lowest BCUT2D eigenvalue weighted by Crippen LogP contribution is -1.76. The summed E-state index contributed by atoms with van der Waals surface area (Å²) >= 11 is 0. The summed E-state index contributed by atoms with van der Waals surface area (Å²) in [5.41, 5.74) is 0. The lowest BCUT2D eigenvalue weighted by Gasteiger charge is -1.95. The molecule has 0 saturated carbocycles. The Bertz CT molecular complexity index is 230. The molecule has 96 valence electrons. The number of allylic oxidation sites excluding steroid dienone is 7. The van der Waals surface area contributed by atoms with Crippen molar-refractivity contribution in [3.8, 4) is 0 Å². The average molecular weight is 232 g/mol. The highest BCUT2D eigenvalue weighted by Crippen LogP contribution is 2.05. The van der Waals surface area contributed by atoms with Crippen molar-refractivity contribution >= 4 is 0 Å². The Morgan fingerprint density at radius 3 is 1.88 bits per heavy atom. The van der Waals surface area contributed by atoms with Crippen molar-refractivity contribution in [1.29, 1.82) is 0 Å². The molecule has 0 spiro atoms. The quantitative estimate of drug-likeness (QED) is 0.233. The Hall–Kier alpha value is -1.04. The van der Waals surface area contributed by atoms with Crippen molar-refractivity contribution in [2.45, 2.75) is 58.3 Å². The number of unbranched alkanes of at least 4 members (excludes halogenated alkanes) is 6. The summed E-state index contributed by atoms with van der Waals surface area (Å²) in [7, 11) is 0. The second-order valence-electron chi connectivity index (χ2n) is 4.31. The minimum atomic E-state index is 1.17. The Morgan fingerprint density at radius 1 is 0.706 bits per heavy atom. The Morgan fingerprint density at radius 2 is 1.29 bits per heavy atom. The van der Waals surface area contributed by atoms with E-state index in [9.17, 15) is 0 Å². The molecule has 0 heterocycles. The van der Waals surface area contributed by atoms with Gasteiger partial charge in [0.25, 0.3) is 0 Å². The topological polar surface area (TPSA) is 0 Å². The summed E-state index contributed by atoms with van der Waals surface area (Å²) in [6.07, 6.45) is 25.1. The zero-order chi connectivity index (χ0) is 12.6. The minimum Gasteiger partial charge on any atom is -0.103 e. The largest absolute Gasteiger partial charge is 0.103 e. The van der Waals surface area contributed by atoms with Crippen molar-refractivity contribution in [1.82, 2.24) is 0 Å². The summed E-state index contributed by atoms with van der Waals surface area (Å²) < 4.78 is 0. The van der Waals surface area contributed by atoms with Crippen LogP contribution in [0.2, 0.25) is 0 Å². The Kier molecular flexibility index (Phi) is 14.0. The molecule has 0 heteroatoms. The van der Waals surface area contributed by atoms with E-state index < -0.39 is 0 Å². The first-order valence-electron chi connectivity index (χ1n) is 7.01. The Balaban J connectivity index is 3.27. The average Bonchev–Trinajstić information content (AvgIpc) is 2.35. The van der Waals surface area contributed by atoms with Crippen molar-refractivity contribution in [2.24, 2.45) is 0 Å². The van der Waals surface area contributed by atoms with Gasteiger partial charge in [-0.2, -0.15) is 0 Å². The van der Waals surface area contributed by atoms with Gasteiger partial charge in [-0.1, -0.05) is 68.7 Å². The summed E-state index contributed by atoms with van der Waals surface area (Å²) in [4.78, 5) is 0. The van der Waals surface area contributed by atoms with E-state index in [4.69, 9.17) is 0 Å². The van der Waals surface area contributed by atoms with Gasteiger partial charge in [-0.3, -0.25) is 0 Å². The first-order valence-corrected chi connectivity index (χ1v) is 7.01. The van der Waals surface area contributed by atoms with E-state index in [1.54, 1.807) is 0 Å². The third-order valence-electron chi connectivity index (χ3n) is 2.59. The van der Waals surface area contributed by atoms with Crippen LogP contribution in [0.4, 0.5) is 0 Å². The highest BCUT2D eigenvalue weighted by Gasteiger charge is 1.86. The van der Waals surface area contributed by atoms with E-state index in [0.29, 0.717) is 0 Å². The lowest BCUT2D eigenvalue weighted by atomic mass is 10.1. The second kappa shape index (κ2) is 15.0. The van der Waals surface area contributed by atoms with E-state index in [-0.39, 0.29) is 0 Å². The molecule has 0 bridgehead atoms. The van der Waals surface area contributed by atoms with E-state index >= 15 is 0 Å². The second-order valence-corrected chi connectivity index (χ2v) is 4.31. The SMILES string of the molecule is C=CCCCCCCC=CC=CC=CCCC. The van der Waals surface area contributed by atoms with Crippen LogP contribution in [-0.4, -0.2) is 0 Å². The number of hydrogen-bond donors (Lipinski definition) is 0. The molecule has 0 fully saturated rings. The highest BCUT2D eigenvalue weighted by molar-refractivity contribution is 5.10. The molecule has 0 saturated heterocycles. The third kappa shape index (κ3) is 15.0. The van der Waals surface area contributed by atoms with Gasteiger partial charge >= 0.3 is 0 Å². The molecule has 0 atom stereocenters. The van der Waals surface area contributed by atoms with Crippen LogP contribution >= 0.6 is 0 Å². The molecule has 0 aromatic heterocycles. The van der Waals surface area contributed by atoms with Gasteiger partial charge in [0, 0.05) is 0 Å². The zero-order valence-corrected chi connectivity index (χ0v) is 11.4. The molecular weight excluding hydrogens is 204 g/mol. The zero-order valence-electron chi connectivity index (χ0n) is 11.4. The molecule has 0 nitrogen and oxygen atoms in total. The van der Waals surface area contributed by atoms with E-state index in [1.165, 1.54) is 51.4 Å². The third-order valence-corrected chi connectivity index (χ3v) is 2.59. The molecule has 0 rings (SSSR count). The van der Waals surface area contributed by atoms with Crippen LogP contribution in [0.15, 0.2) is 49.1 Å². The van der Waals surface area contributed by atoms with Gasteiger partial charge in [0.2, 0.25) is 0 Å². The molecule has 0 amide bonds. The van der Waals surface area contributed by atoms with Gasteiger partial charge in [0.1, 0.15) is 0 Å². The van der Waals surface area contributed by atoms with Gasteiger partial charge in [-0.05, 0) is 32.1 Å². The molecule has 0 aliphatic carbocycles. The van der Waals surface area contributed by atoms with E-state index in [1.807, 2.05) is 6.08 Å². The van der Waals surface area contributed by atoms with Gasteiger partial charge in [-0.25, -0.2) is 0 Å². The molecule has 0 aliphatic heterocycles. The van der Waals surface area contributed by atoms with Crippen LogP contribution < -0.4 is 0 Å². The smallest absolute Gasteiger partial charge is 0.0348 e. The standard InChI is InChI=1S/C17H28/c1-3-5-7-9-11-13-15-17-16-14-12-10-8-6-4-2/h3,8,10,12,14,16-17H,1,4-7,9,11,13,15H2,2H3. The van der Waals surface area contributed by atoms with Gasteiger partial charge in [0.05, 0.1) is 0 Å². The van der Waals surface area contributed by atoms with Crippen molar-refractivity contribution in [3.63, 3.8) is 0 Å². The molecule has 17 heavy (non-hydrogen) atoms. The fourth-order valence-corrected chi connectivity index (χ4v) is 1.55. The fourth-order valence-electron chi connectivity index (χ4n) is 1.55. The normalized spacial score (nSPS) is 12.1. The van der Waals surface area contributed by atoms with Crippen LogP contribution in [0.1, 0.15) is 58.3 Å². The van der Waals surface area contributed by atoms with Gasteiger partial charge < -0.3 is 0 Å². The number of rotatable bonds is 11. The van der Waals surface area contributed by atoms with Crippen molar-refractivity contribution in [2.75, 3.05) is 0 Å². The fraction of sp³-hybridized carbons (Fsp3) is 0.529. The molecule has 0 N–H and O–H groups in total. The van der Waals surface area contributed by atoms with Crippen LogP contribution in [0, 0.1) is 0 Å². The summed E-state index contributed by atoms with van der Waals surface area (Å²) in [6.45, 7) is 5.93. The van der Waals surface area contributed by atoms with E-state index in [2.05, 4.69) is 50.0 Å². The maximum absolute atomic E-state index is 3.73. The van der Waals surface area contributed by atoms with Gasteiger partial charge in [0.15, 0.2) is 0 Å². The molecule has 0 unspecified atom stereocenters. The summed E-state index contributed by atoms with van der Waals surface area (Å²) in [5.74, 6) is 0. The first kappa shape index (κ1) is 16.0. The molecule has 0 aliphatic rings. The highest BCUT2D eigenvalue weighted by atomic mass is 13.9. The van der Waals surface area contributed by atoms with Crippen LogP contribution in [0.5, 0.6) is 0 Å². The summed E-state index contributed by atoms with van der Waals surface area (Å²) in [6, 6.07) is 0. The Labute approximate surface area is 108 Å². The lowest BCUT2D eigenvalue weighted by molar-refractivity contribution is 0.652. The van der Waals surface area contributed by atoms with Crippen LogP contribution in [-0.2, 0) is 0 Å². The summed E-state index contributed by atoms with van der Waals surface area (Å²) in [5, 5.41) is 0. The first-order chi connectivity index (χ1) is 8.41. The molecular formula is C17H28. The molecule has 0 aromatic rings. The maximum atomic E-state index is 3.73. The van der Waals surface area contributed by atoms with Crippen LogP contribution in [0.3, 0.4) is 0 Å². The number of hydrogen-bond acceptors (Lipinski definition) is 0. The maximum Gasteiger partial charge on any atom is -0.0348 e. The van der Waals surface area contributed by atoms with Crippen molar-refractivity contribution < 1.29 is 0 Å². The predicted octanol–water partition coefficient (Wildman–Crippen LogP) is 5.98. The monoisotopic (exact) mass is 232 g/mol. The van der Waals surface area contributed by atoms with Gasteiger partial charge in [-0.15, -0.1) is 6.58 Å². The van der Waals surface area contributed by atoms with E-state index in [0.717, 1.165) is 0 Å². The molecule has 0 aromatic carbocycles. The molecule has 0 radical (unpaired) electrons. The minimum absolute atomic E-state index is 1.17. The van der Waals surface area contributed by atoms with Crippen LogP contribution in [0.25, 0.3) is 0 Å². The van der Waals surface area contributed by atoms with Crippen molar-refractivity contribution in [3.05, 3.63) is 49.1 Å².